The monoisotopic (exact) mass is 313 g/mol. The van der Waals surface area contributed by atoms with Crippen LogP contribution in [0.25, 0.3) is 11.3 Å². The molecule has 2 aromatic heterocycles. The van der Waals surface area contributed by atoms with Gasteiger partial charge in [0.1, 0.15) is 12.1 Å². The molecule has 9 heteroatoms. The first kappa shape index (κ1) is 14.7. The molecule has 0 saturated carbocycles. The first-order chi connectivity index (χ1) is 11.2. The van der Waals surface area contributed by atoms with Crippen molar-refractivity contribution in [2.24, 2.45) is 0 Å². The minimum Gasteiger partial charge on any atom is -0.497 e. The Labute approximate surface area is 131 Å². The number of ether oxygens (including phenoxy) is 1. The molecule has 0 unspecified atom stereocenters. The maximum Gasteiger partial charge on any atom is 0.228 e. The summed E-state index contributed by atoms with van der Waals surface area (Å²) in [5.41, 5.74) is 1.71. The third-order valence-electron chi connectivity index (χ3n) is 3.17. The van der Waals surface area contributed by atoms with Crippen molar-refractivity contribution in [3.05, 3.63) is 36.8 Å². The van der Waals surface area contributed by atoms with Gasteiger partial charge in [-0.25, -0.2) is 9.67 Å². The van der Waals surface area contributed by atoms with Crippen LogP contribution in [0.15, 0.2) is 36.8 Å². The molecule has 23 heavy (non-hydrogen) atoms. The molecule has 2 N–H and O–H groups in total. The molecule has 0 saturated heterocycles. The fourth-order valence-corrected chi connectivity index (χ4v) is 2.02. The van der Waals surface area contributed by atoms with Crippen molar-refractivity contribution in [2.45, 2.75) is 13.0 Å². The second-order valence-electron chi connectivity index (χ2n) is 4.75. The lowest BCUT2D eigenvalue weighted by Crippen LogP contribution is -2.15. The second kappa shape index (κ2) is 6.69. The Hall–Kier alpha value is -3.23. The van der Waals surface area contributed by atoms with E-state index in [0.717, 1.165) is 17.0 Å². The number of methoxy groups -OCH3 is 1. The van der Waals surface area contributed by atoms with Crippen LogP contribution in [0.5, 0.6) is 5.75 Å². The van der Waals surface area contributed by atoms with E-state index in [1.807, 2.05) is 24.3 Å². The molecule has 1 aromatic carbocycles. The van der Waals surface area contributed by atoms with Crippen molar-refractivity contribution in [1.29, 1.82) is 0 Å². The SMILES string of the molecule is COc1cccc(-c2cnc(NC(=O)CCn3cnnn3)[nH]2)c1. The van der Waals surface area contributed by atoms with Crippen molar-refractivity contribution in [1.82, 2.24) is 30.2 Å². The summed E-state index contributed by atoms with van der Waals surface area (Å²) in [5, 5.41) is 13.4. The maximum absolute atomic E-state index is 11.9. The van der Waals surface area contributed by atoms with Gasteiger partial charge in [0.05, 0.1) is 25.5 Å². The van der Waals surface area contributed by atoms with Crippen LogP contribution < -0.4 is 10.1 Å². The van der Waals surface area contributed by atoms with E-state index in [9.17, 15) is 4.79 Å². The number of carbonyl (C=O) groups is 1. The van der Waals surface area contributed by atoms with Gasteiger partial charge in [0.2, 0.25) is 11.9 Å². The number of amides is 1. The van der Waals surface area contributed by atoms with Crippen LogP contribution in [0.1, 0.15) is 6.42 Å². The van der Waals surface area contributed by atoms with Gasteiger partial charge in [-0.3, -0.25) is 10.1 Å². The Morgan fingerprint density at radius 2 is 2.35 bits per heavy atom. The quantitative estimate of drug-likeness (QED) is 0.705. The van der Waals surface area contributed by atoms with Gasteiger partial charge in [-0.1, -0.05) is 12.1 Å². The summed E-state index contributed by atoms with van der Waals surface area (Å²) in [5.74, 6) is 0.973. The van der Waals surface area contributed by atoms with Crippen LogP contribution in [0.4, 0.5) is 5.95 Å². The highest BCUT2D eigenvalue weighted by Gasteiger charge is 2.08. The number of nitrogens with zero attached hydrogens (tertiary/aromatic N) is 5. The molecule has 0 fully saturated rings. The van der Waals surface area contributed by atoms with Crippen molar-refractivity contribution >= 4 is 11.9 Å². The number of aromatic nitrogens is 6. The van der Waals surface area contributed by atoms with Gasteiger partial charge in [0, 0.05) is 12.0 Å². The molecule has 2 heterocycles. The predicted molar refractivity (Wildman–Crippen MR) is 81.6 cm³/mol. The molecule has 3 aromatic rings. The number of hydrogen-bond donors (Lipinski definition) is 2. The van der Waals surface area contributed by atoms with Gasteiger partial charge in [0.25, 0.3) is 0 Å². The minimum absolute atomic E-state index is 0.174. The third-order valence-corrected chi connectivity index (χ3v) is 3.17. The molecule has 1 amide bonds. The van der Waals surface area contributed by atoms with Crippen LogP contribution in [0.3, 0.4) is 0 Å². The molecule has 0 aliphatic heterocycles. The number of rotatable bonds is 6. The van der Waals surface area contributed by atoms with Crippen molar-refractivity contribution in [3.63, 3.8) is 0 Å². The number of anilines is 1. The number of tetrazole rings is 1. The highest BCUT2D eigenvalue weighted by molar-refractivity contribution is 5.89. The first-order valence-electron chi connectivity index (χ1n) is 6.94. The number of imidazole rings is 1. The fourth-order valence-electron chi connectivity index (χ4n) is 2.02. The summed E-state index contributed by atoms with van der Waals surface area (Å²) in [6.45, 7) is 0.405. The van der Waals surface area contributed by atoms with Gasteiger partial charge in [0.15, 0.2) is 0 Å². The molecular weight excluding hydrogens is 298 g/mol. The zero-order valence-corrected chi connectivity index (χ0v) is 12.4. The summed E-state index contributed by atoms with van der Waals surface area (Å²) < 4.78 is 6.68. The lowest BCUT2D eigenvalue weighted by molar-refractivity contribution is -0.116. The number of hydrogen-bond acceptors (Lipinski definition) is 6. The summed E-state index contributed by atoms with van der Waals surface area (Å²) >= 11 is 0. The molecule has 0 aliphatic rings. The van der Waals surface area contributed by atoms with Crippen molar-refractivity contribution < 1.29 is 9.53 Å². The largest absolute Gasteiger partial charge is 0.497 e. The van der Waals surface area contributed by atoms with E-state index in [1.165, 1.54) is 11.0 Å². The smallest absolute Gasteiger partial charge is 0.228 e. The number of H-pyrrole nitrogens is 1. The van der Waals surface area contributed by atoms with Gasteiger partial charge in [-0.15, -0.1) is 5.10 Å². The predicted octanol–water partition coefficient (Wildman–Crippen LogP) is 1.10. The number of benzene rings is 1. The van der Waals surface area contributed by atoms with Crippen molar-refractivity contribution in [3.8, 4) is 17.0 Å². The van der Waals surface area contributed by atoms with Gasteiger partial charge >= 0.3 is 0 Å². The summed E-state index contributed by atoms with van der Waals surface area (Å²) in [6, 6.07) is 7.57. The van der Waals surface area contributed by atoms with E-state index in [0.29, 0.717) is 12.5 Å². The second-order valence-corrected chi connectivity index (χ2v) is 4.75. The third kappa shape index (κ3) is 3.70. The topological polar surface area (TPSA) is 111 Å². The molecule has 0 aliphatic carbocycles. The normalized spacial score (nSPS) is 10.5. The molecule has 0 atom stereocenters. The van der Waals surface area contributed by atoms with Crippen LogP contribution in [0, 0.1) is 0 Å². The Morgan fingerprint density at radius 1 is 1.43 bits per heavy atom. The fraction of sp³-hybridized carbons (Fsp3) is 0.214. The minimum atomic E-state index is -0.174. The highest BCUT2D eigenvalue weighted by Crippen LogP contribution is 2.23. The number of nitrogens with one attached hydrogen (secondary N) is 2. The lowest BCUT2D eigenvalue weighted by atomic mass is 10.1. The summed E-state index contributed by atoms with van der Waals surface area (Å²) in [7, 11) is 1.61. The highest BCUT2D eigenvalue weighted by atomic mass is 16.5. The molecule has 0 spiro atoms. The molecular formula is C14H15N7O2. The van der Waals surface area contributed by atoms with E-state index < -0.39 is 0 Å². The maximum atomic E-state index is 11.9. The number of aryl methyl sites for hydroxylation is 1. The van der Waals surface area contributed by atoms with Crippen LogP contribution >= 0.6 is 0 Å². The molecule has 0 radical (unpaired) electrons. The molecule has 3 rings (SSSR count). The number of carbonyl (C=O) groups excluding carboxylic acids is 1. The van der Waals surface area contributed by atoms with Crippen LogP contribution in [-0.4, -0.2) is 43.2 Å². The molecule has 118 valence electrons. The first-order valence-corrected chi connectivity index (χ1v) is 6.94. The Kier molecular flexibility index (Phi) is 4.27. The van der Waals surface area contributed by atoms with Gasteiger partial charge < -0.3 is 9.72 Å². The van der Waals surface area contributed by atoms with Crippen molar-refractivity contribution in [2.75, 3.05) is 12.4 Å². The lowest BCUT2D eigenvalue weighted by Gasteiger charge is -2.03. The van der Waals surface area contributed by atoms with E-state index in [4.69, 9.17) is 4.74 Å². The number of aromatic amines is 1. The van der Waals surface area contributed by atoms with Gasteiger partial charge in [-0.2, -0.15) is 0 Å². The Morgan fingerprint density at radius 3 is 3.13 bits per heavy atom. The summed E-state index contributed by atoms with van der Waals surface area (Å²) in [4.78, 5) is 19.1. The van der Waals surface area contributed by atoms with Crippen LogP contribution in [-0.2, 0) is 11.3 Å². The average Bonchev–Trinajstić information content (AvgIpc) is 3.25. The van der Waals surface area contributed by atoms with Crippen LogP contribution in [0.2, 0.25) is 0 Å². The zero-order valence-electron chi connectivity index (χ0n) is 12.4. The van der Waals surface area contributed by atoms with E-state index in [-0.39, 0.29) is 12.3 Å². The average molecular weight is 313 g/mol. The van der Waals surface area contributed by atoms with E-state index in [1.54, 1.807) is 13.3 Å². The molecule has 0 bridgehead atoms. The molecule has 9 nitrogen and oxygen atoms in total. The summed E-state index contributed by atoms with van der Waals surface area (Å²) in [6.07, 6.45) is 3.37. The van der Waals surface area contributed by atoms with E-state index in [2.05, 4.69) is 30.8 Å². The Balaban J connectivity index is 1.61. The Bertz CT molecular complexity index is 782. The standard InChI is InChI=1S/C14H15N7O2/c1-23-11-4-2-3-10(7-11)12-8-15-14(17-12)18-13(22)5-6-21-9-16-19-20-21/h2-4,7-9H,5-6H2,1H3,(H2,15,17,18,22). The van der Waals surface area contributed by atoms with Gasteiger partial charge in [-0.05, 0) is 22.6 Å². The van der Waals surface area contributed by atoms with E-state index >= 15 is 0 Å². The zero-order chi connectivity index (χ0) is 16.1.